The van der Waals surface area contributed by atoms with Crippen molar-refractivity contribution in [3.05, 3.63) is 24.3 Å². The molecule has 0 spiro atoms. The van der Waals surface area contributed by atoms with Crippen LogP contribution in [0.1, 0.15) is 13.3 Å². The van der Waals surface area contributed by atoms with Crippen LogP contribution in [0.15, 0.2) is 24.3 Å². The van der Waals surface area contributed by atoms with Crippen LogP contribution in [0.3, 0.4) is 0 Å². The fraction of sp³-hybridized carbons (Fsp3) is 0.438. The Hall–Kier alpha value is -2.57. The Labute approximate surface area is 135 Å². The molecule has 1 aliphatic rings. The highest BCUT2D eigenvalue weighted by Crippen LogP contribution is 2.23. The van der Waals surface area contributed by atoms with Gasteiger partial charge in [0.05, 0.1) is 12.3 Å². The molecular formula is C16H21N3O4. The minimum absolute atomic E-state index is 0.221. The maximum absolute atomic E-state index is 12.1. The number of ether oxygens (including phenoxy) is 1. The summed E-state index contributed by atoms with van der Waals surface area (Å²) in [4.78, 5) is 38.1. The van der Waals surface area contributed by atoms with E-state index in [0.29, 0.717) is 44.2 Å². The number of benzene rings is 1. The number of carbonyl (C=O) groups excluding carboxylic acids is 3. The van der Waals surface area contributed by atoms with Crippen molar-refractivity contribution in [2.75, 3.05) is 38.1 Å². The fourth-order valence-electron chi connectivity index (χ4n) is 2.37. The van der Waals surface area contributed by atoms with Crippen molar-refractivity contribution in [2.24, 2.45) is 0 Å². The summed E-state index contributed by atoms with van der Waals surface area (Å²) in [5, 5.41) is 2.71. The lowest BCUT2D eigenvalue weighted by Gasteiger charge is -2.32. The Bertz CT molecular complexity index is 568. The van der Waals surface area contributed by atoms with E-state index in [1.165, 1.54) is 0 Å². The SMILES string of the molecule is CCOc1ccccc1NC(=O)CC(=O)N1CCN(C=O)CC1. The summed E-state index contributed by atoms with van der Waals surface area (Å²) < 4.78 is 5.43. The monoisotopic (exact) mass is 319 g/mol. The molecule has 1 aromatic carbocycles. The summed E-state index contributed by atoms with van der Waals surface area (Å²) in [6.07, 6.45) is 0.556. The number of nitrogens with zero attached hydrogens (tertiary/aromatic N) is 2. The van der Waals surface area contributed by atoms with E-state index >= 15 is 0 Å². The molecule has 1 saturated heterocycles. The summed E-state index contributed by atoms with van der Waals surface area (Å²) in [7, 11) is 0. The lowest BCUT2D eigenvalue weighted by Crippen LogP contribution is -2.48. The molecule has 0 bridgehead atoms. The van der Waals surface area contributed by atoms with Gasteiger partial charge in [0.15, 0.2) is 0 Å². The standard InChI is InChI=1S/C16H21N3O4/c1-2-23-14-6-4-3-5-13(14)17-15(21)11-16(22)19-9-7-18(12-20)8-10-19/h3-6,12H,2,7-11H2,1H3,(H,17,21). The predicted molar refractivity (Wildman–Crippen MR) is 85.1 cm³/mol. The number of carbonyl (C=O) groups is 3. The van der Waals surface area contributed by atoms with Gasteiger partial charge in [0, 0.05) is 26.2 Å². The van der Waals surface area contributed by atoms with Crippen LogP contribution in [0.25, 0.3) is 0 Å². The van der Waals surface area contributed by atoms with Gasteiger partial charge in [-0.05, 0) is 19.1 Å². The minimum atomic E-state index is -0.375. The zero-order chi connectivity index (χ0) is 16.7. The number of hydrogen-bond donors (Lipinski definition) is 1. The number of nitrogens with one attached hydrogen (secondary N) is 1. The molecule has 7 nitrogen and oxygen atoms in total. The molecule has 3 amide bonds. The van der Waals surface area contributed by atoms with E-state index in [2.05, 4.69) is 5.32 Å². The summed E-state index contributed by atoms with van der Waals surface area (Å²) in [6, 6.07) is 7.10. The Kier molecular flexibility index (Phi) is 5.96. The summed E-state index contributed by atoms with van der Waals surface area (Å²) in [6.45, 7) is 4.28. The van der Waals surface area contributed by atoms with E-state index < -0.39 is 0 Å². The van der Waals surface area contributed by atoms with Crippen LogP contribution < -0.4 is 10.1 Å². The maximum atomic E-state index is 12.1. The first-order valence-electron chi connectivity index (χ1n) is 7.63. The maximum Gasteiger partial charge on any atom is 0.233 e. The van der Waals surface area contributed by atoms with Gasteiger partial charge < -0.3 is 19.9 Å². The first-order valence-corrected chi connectivity index (χ1v) is 7.63. The summed E-state index contributed by atoms with van der Waals surface area (Å²) in [5.41, 5.74) is 0.554. The first kappa shape index (κ1) is 16.8. The second kappa shape index (κ2) is 8.17. The van der Waals surface area contributed by atoms with Crippen LogP contribution in [0.5, 0.6) is 5.75 Å². The number of rotatable bonds is 6. The van der Waals surface area contributed by atoms with Gasteiger partial charge in [-0.1, -0.05) is 12.1 Å². The van der Waals surface area contributed by atoms with Crippen LogP contribution in [-0.2, 0) is 14.4 Å². The molecule has 0 unspecified atom stereocenters. The molecule has 0 atom stereocenters. The van der Waals surface area contributed by atoms with E-state index in [4.69, 9.17) is 4.74 Å². The van der Waals surface area contributed by atoms with E-state index in [1.54, 1.807) is 28.0 Å². The van der Waals surface area contributed by atoms with Crippen molar-refractivity contribution in [1.82, 2.24) is 9.80 Å². The zero-order valence-corrected chi connectivity index (χ0v) is 13.2. The Morgan fingerprint density at radius 2 is 1.91 bits per heavy atom. The van der Waals surface area contributed by atoms with Crippen molar-refractivity contribution in [1.29, 1.82) is 0 Å². The minimum Gasteiger partial charge on any atom is -0.492 e. The molecule has 124 valence electrons. The number of hydrogen-bond acceptors (Lipinski definition) is 4. The second-order valence-electron chi connectivity index (χ2n) is 5.18. The van der Waals surface area contributed by atoms with Gasteiger partial charge in [-0.2, -0.15) is 0 Å². The van der Waals surface area contributed by atoms with Crippen molar-refractivity contribution in [3.63, 3.8) is 0 Å². The predicted octanol–water partition coefficient (Wildman–Crippen LogP) is 0.714. The van der Waals surface area contributed by atoms with Crippen molar-refractivity contribution >= 4 is 23.9 Å². The quantitative estimate of drug-likeness (QED) is 0.619. The molecule has 0 aliphatic carbocycles. The highest BCUT2D eigenvalue weighted by molar-refractivity contribution is 6.04. The second-order valence-corrected chi connectivity index (χ2v) is 5.18. The van der Waals surface area contributed by atoms with Gasteiger partial charge in [-0.25, -0.2) is 0 Å². The molecule has 1 fully saturated rings. The largest absolute Gasteiger partial charge is 0.492 e. The summed E-state index contributed by atoms with van der Waals surface area (Å²) >= 11 is 0. The van der Waals surface area contributed by atoms with Crippen LogP contribution in [0.4, 0.5) is 5.69 Å². The lowest BCUT2D eigenvalue weighted by atomic mass is 10.2. The normalized spacial score (nSPS) is 14.3. The van der Waals surface area contributed by atoms with Crippen molar-refractivity contribution in [2.45, 2.75) is 13.3 Å². The molecule has 1 aliphatic heterocycles. The number of amides is 3. The van der Waals surface area contributed by atoms with Gasteiger partial charge in [-0.3, -0.25) is 14.4 Å². The Morgan fingerprint density at radius 3 is 2.57 bits per heavy atom. The Balaban J connectivity index is 1.87. The average Bonchev–Trinajstić information content (AvgIpc) is 2.57. The molecule has 1 aromatic rings. The molecule has 0 radical (unpaired) electrons. The van der Waals surface area contributed by atoms with Crippen LogP contribution in [0, 0.1) is 0 Å². The van der Waals surface area contributed by atoms with Gasteiger partial charge in [-0.15, -0.1) is 0 Å². The van der Waals surface area contributed by atoms with E-state index in [1.807, 2.05) is 13.0 Å². The van der Waals surface area contributed by atoms with Crippen LogP contribution in [0.2, 0.25) is 0 Å². The molecule has 1 N–H and O–H groups in total. The number of anilines is 1. The fourth-order valence-corrected chi connectivity index (χ4v) is 2.37. The third-order valence-corrected chi connectivity index (χ3v) is 3.59. The molecule has 23 heavy (non-hydrogen) atoms. The third kappa shape index (κ3) is 4.70. The van der Waals surface area contributed by atoms with Crippen LogP contribution in [-0.4, -0.2) is 60.8 Å². The smallest absolute Gasteiger partial charge is 0.233 e. The molecule has 1 heterocycles. The number of para-hydroxylation sites is 2. The average molecular weight is 319 g/mol. The lowest BCUT2D eigenvalue weighted by molar-refractivity contribution is -0.137. The highest BCUT2D eigenvalue weighted by Gasteiger charge is 2.22. The molecule has 7 heteroatoms. The van der Waals surface area contributed by atoms with Gasteiger partial charge in [0.1, 0.15) is 12.2 Å². The highest BCUT2D eigenvalue weighted by atomic mass is 16.5. The Morgan fingerprint density at radius 1 is 1.22 bits per heavy atom. The van der Waals surface area contributed by atoms with E-state index in [-0.39, 0.29) is 18.2 Å². The zero-order valence-electron chi connectivity index (χ0n) is 13.2. The van der Waals surface area contributed by atoms with Gasteiger partial charge in [0.2, 0.25) is 18.2 Å². The molecule has 2 rings (SSSR count). The van der Waals surface area contributed by atoms with Gasteiger partial charge in [0.25, 0.3) is 0 Å². The topological polar surface area (TPSA) is 79.0 Å². The number of piperazine rings is 1. The molecular weight excluding hydrogens is 298 g/mol. The van der Waals surface area contributed by atoms with Gasteiger partial charge >= 0.3 is 0 Å². The summed E-state index contributed by atoms with van der Waals surface area (Å²) in [5.74, 6) is -0.0303. The first-order chi connectivity index (χ1) is 11.1. The molecule has 0 aromatic heterocycles. The van der Waals surface area contributed by atoms with E-state index in [9.17, 15) is 14.4 Å². The molecule has 0 saturated carbocycles. The van der Waals surface area contributed by atoms with Crippen molar-refractivity contribution in [3.8, 4) is 5.75 Å². The third-order valence-electron chi connectivity index (χ3n) is 3.59. The van der Waals surface area contributed by atoms with E-state index in [0.717, 1.165) is 6.41 Å². The van der Waals surface area contributed by atoms with Crippen LogP contribution >= 0.6 is 0 Å². The van der Waals surface area contributed by atoms with Crippen molar-refractivity contribution < 1.29 is 19.1 Å².